The molecule has 1 N–H and O–H groups in total. The van der Waals surface area contributed by atoms with Crippen LogP contribution in [0.1, 0.15) is 37.7 Å². The number of carbonyl (C=O) groups is 1. The highest BCUT2D eigenvalue weighted by Crippen LogP contribution is 2.56. The van der Waals surface area contributed by atoms with Crippen LogP contribution in [0.4, 0.5) is 0 Å². The molecule has 5 heteroatoms. The molecule has 2 fully saturated rings. The third-order valence-corrected chi connectivity index (χ3v) is 6.54. The monoisotopic (exact) mass is 338 g/mol. The quantitative estimate of drug-likeness (QED) is 0.774. The molecule has 2 heterocycles. The second-order valence-electron chi connectivity index (χ2n) is 6.58. The first-order chi connectivity index (χ1) is 10.7. The molecule has 0 radical (unpaired) electrons. The summed E-state index contributed by atoms with van der Waals surface area (Å²) in [4.78, 5) is 15.0. The molecule has 0 unspecified atom stereocenters. The highest BCUT2D eigenvalue weighted by Gasteiger charge is 2.57. The third kappa shape index (κ3) is 3.69. The molecule has 1 aromatic heterocycles. The van der Waals surface area contributed by atoms with E-state index in [1.54, 1.807) is 11.3 Å². The number of piperidine rings is 1. The van der Waals surface area contributed by atoms with Crippen LogP contribution in [0.25, 0.3) is 0 Å². The molecule has 22 heavy (non-hydrogen) atoms. The summed E-state index contributed by atoms with van der Waals surface area (Å²) in [5.41, 5.74) is 1.72. The van der Waals surface area contributed by atoms with Gasteiger partial charge in [0.25, 0.3) is 0 Å². The van der Waals surface area contributed by atoms with E-state index >= 15 is 0 Å². The second-order valence-corrected chi connectivity index (χ2v) is 8.35. The molecule has 122 valence electrons. The van der Waals surface area contributed by atoms with Crippen molar-refractivity contribution >= 4 is 29.0 Å². The van der Waals surface area contributed by atoms with Crippen molar-refractivity contribution in [3.63, 3.8) is 0 Å². The van der Waals surface area contributed by atoms with E-state index in [2.05, 4.69) is 33.3 Å². The Hall–Kier alpha value is -0.520. The lowest BCUT2D eigenvalue weighted by Gasteiger charge is -2.29. The van der Waals surface area contributed by atoms with Crippen molar-refractivity contribution in [3.05, 3.63) is 22.4 Å². The molecule has 1 aliphatic heterocycles. The first-order valence-electron chi connectivity index (χ1n) is 8.25. The van der Waals surface area contributed by atoms with Crippen LogP contribution >= 0.6 is 23.1 Å². The predicted molar refractivity (Wildman–Crippen MR) is 95.4 cm³/mol. The van der Waals surface area contributed by atoms with Gasteiger partial charge in [0.2, 0.25) is 5.91 Å². The largest absolute Gasteiger partial charge is 0.335 e. The van der Waals surface area contributed by atoms with Gasteiger partial charge in [-0.3, -0.25) is 4.79 Å². The zero-order valence-electron chi connectivity index (χ0n) is 13.3. The lowest BCUT2D eigenvalue weighted by Crippen LogP contribution is -2.39. The maximum absolute atomic E-state index is 12.8. The van der Waals surface area contributed by atoms with Crippen LogP contribution in [0, 0.1) is 5.41 Å². The number of carbonyl (C=O) groups excluding carboxylic acids is 1. The van der Waals surface area contributed by atoms with Crippen molar-refractivity contribution < 1.29 is 4.79 Å². The van der Waals surface area contributed by atoms with Crippen LogP contribution in [0.5, 0.6) is 0 Å². The minimum absolute atomic E-state index is 0.362. The zero-order valence-corrected chi connectivity index (χ0v) is 15.0. The van der Waals surface area contributed by atoms with Gasteiger partial charge in [0.1, 0.15) is 0 Å². The number of thiophene rings is 1. The van der Waals surface area contributed by atoms with Crippen LogP contribution in [0.2, 0.25) is 0 Å². The van der Waals surface area contributed by atoms with E-state index in [1.807, 2.05) is 11.8 Å². The molecule has 1 atom stereocenters. The summed E-state index contributed by atoms with van der Waals surface area (Å²) >= 11 is 3.55. The Morgan fingerprint density at radius 1 is 1.50 bits per heavy atom. The standard InChI is InChI=1S/C17H26N2OS2/c1-21-9-2-3-16(20)19(12-14-4-10-22-13-14)15-11-17(15)5-7-18-8-6-17/h4,10,13,15,18H,2-3,5-9,11-12H2,1H3/t15-/m1/s1. The summed E-state index contributed by atoms with van der Waals surface area (Å²) in [7, 11) is 0. The van der Waals surface area contributed by atoms with E-state index in [9.17, 15) is 4.79 Å². The highest BCUT2D eigenvalue weighted by atomic mass is 32.2. The molecule has 2 aliphatic rings. The molecule has 0 aromatic carbocycles. The van der Waals surface area contributed by atoms with Gasteiger partial charge < -0.3 is 10.2 Å². The first kappa shape index (κ1) is 16.3. The molecule has 1 saturated heterocycles. The number of nitrogens with zero attached hydrogens (tertiary/aromatic N) is 1. The Labute approximate surface area is 141 Å². The normalized spacial score (nSPS) is 22.7. The molecule has 1 saturated carbocycles. The van der Waals surface area contributed by atoms with Gasteiger partial charge >= 0.3 is 0 Å². The van der Waals surface area contributed by atoms with Crippen LogP contribution in [-0.2, 0) is 11.3 Å². The number of amides is 1. The second kappa shape index (κ2) is 7.37. The van der Waals surface area contributed by atoms with Gasteiger partial charge in [-0.05, 0) is 78.6 Å². The summed E-state index contributed by atoms with van der Waals surface area (Å²) in [6.45, 7) is 3.04. The van der Waals surface area contributed by atoms with Gasteiger partial charge in [-0.25, -0.2) is 0 Å². The smallest absolute Gasteiger partial charge is 0.223 e. The maximum atomic E-state index is 12.8. The lowest BCUT2D eigenvalue weighted by molar-refractivity contribution is -0.133. The molecular weight excluding hydrogens is 312 g/mol. The first-order valence-corrected chi connectivity index (χ1v) is 10.6. The van der Waals surface area contributed by atoms with Crippen LogP contribution < -0.4 is 5.32 Å². The highest BCUT2D eigenvalue weighted by molar-refractivity contribution is 7.98. The fourth-order valence-electron chi connectivity index (χ4n) is 3.69. The van der Waals surface area contributed by atoms with E-state index in [0.29, 0.717) is 23.8 Å². The van der Waals surface area contributed by atoms with E-state index in [4.69, 9.17) is 0 Å². The fourth-order valence-corrected chi connectivity index (χ4v) is 4.78. The zero-order chi connectivity index (χ0) is 15.4. The SMILES string of the molecule is CSCCCC(=O)N(Cc1ccsc1)[C@@H]1CC12CCNCC2. The van der Waals surface area contributed by atoms with Gasteiger partial charge in [0.05, 0.1) is 0 Å². The summed E-state index contributed by atoms with van der Waals surface area (Å²) in [6.07, 6.45) is 7.49. The molecule has 1 aliphatic carbocycles. The Kier molecular flexibility index (Phi) is 5.47. The number of hydrogen-bond acceptors (Lipinski definition) is 4. The Bertz CT molecular complexity index is 483. The van der Waals surface area contributed by atoms with Crippen molar-refractivity contribution in [1.82, 2.24) is 10.2 Å². The molecule has 3 rings (SSSR count). The van der Waals surface area contributed by atoms with Gasteiger partial charge in [0.15, 0.2) is 0 Å². The number of rotatable bonds is 7. The summed E-state index contributed by atoms with van der Waals surface area (Å²) in [6, 6.07) is 2.64. The average molecular weight is 339 g/mol. The average Bonchev–Trinajstić information content (AvgIpc) is 2.98. The molecule has 3 nitrogen and oxygen atoms in total. The summed E-state index contributed by atoms with van der Waals surface area (Å²) in [5, 5.41) is 7.74. The number of thioether (sulfide) groups is 1. The van der Waals surface area contributed by atoms with E-state index in [1.165, 1.54) is 24.8 Å². The van der Waals surface area contributed by atoms with Crippen molar-refractivity contribution in [2.45, 2.75) is 44.7 Å². The van der Waals surface area contributed by atoms with Gasteiger partial charge in [0, 0.05) is 19.0 Å². The molecule has 1 amide bonds. The van der Waals surface area contributed by atoms with E-state index in [0.717, 1.165) is 31.8 Å². The fraction of sp³-hybridized carbons (Fsp3) is 0.706. The van der Waals surface area contributed by atoms with Crippen LogP contribution in [-0.4, -0.2) is 41.9 Å². The molecule has 1 spiro atoms. The third-order valence-electron chi connectivity index (χ3n) is 5.11. The minimum atomic E-state index is 0.362. The molecular formula is C17H26N2OS2. The molecule has 1 aromatic rings. The van der Waals surface area contributed by atoms with Gasteiger partial charge in [-0.15, -0.1) is 0 Å². The Morgan fingerprint density at radius 3 is 3.00 bits per heavy atom. The van der Waals surface area contributed by atoms with Crippen molar-refractivity contribution in [1.29, 1.82) is 0 Å². The number of hydrogen-bond donors (Lipinski definition) is 1. The lowest BCUT2D eigenvalue weighted by atomic mass is 9.93. The van der Waals surface area contributed by atoms with Gasteiger partial charge in [-0.2, -0.15) is 23.1 Å². The van der Waals surface area contributed by atoms with Crippen LogP contribution in [0.15, 0.2) is 16.8 Å². The summed E-state index contributed by atoms with van der Waals surface area (Å²) < 4.78 is 0. The van der Waals surface area contributed by atoms with E-state index < -0.39 is 0 Å². The maximum Gasteiger partial charge on any atom is 0.223 e. The van der Waals surface area contributed by atoms with Crippen molar-refractivity contribution in [2.24, 2.45) is 5.41 Å². The Balaban J connectivity index is 1.65. The predicted octanol–water partition coefficient (Wildman–Crippen LogP) is 3.36. The topological polar surface area (TPSA) is 32.3 Å². The Morgan fingerprint density at radius 2 is 2.32 bits per heavy atom. The minimum Gasteiger partial charge on any atom is -0.335 e. The van der Waals surface area contributed by atoms with Crippen molar-refractivity contribution in [2.75, 3.05) is 25.1 Å². The van der Waals surface area contributed by atoms with Crippen LogP contribution in [0.3, 0.4) is 0 Å². The van der Waals surface area contributed by atoms with Gasteiger partial charge in [-0.1, -0.05) is 0 Å². The summed E-state index contributed by atoms with van der Waals surface area (Å²) in [5.74, 6) is 1.44. The number of nitrogens with one attached hydrogen (secondary N) is 1. The molecule has 0 bridgehead atoms. The van der Waals surface area contributed by atoms with Crippen molar-refractivity contribution in [3.8, 4) is 0 Å². The van der Waals surface area contributed by atoms with E-state index in [-0.39, 0.29) is 0 Å².